The van der Waals surface area contributed by atoms with Gasteiger partial charge in [0.15, 0.2) is 0 Å². The Labute approximate surface area is 179 Å². The fraction of sp³-hybridized carbons (Fsp3) is 0.125. The summed E-state index contributed by atoms with van der Waals surface area (Å²) < 4.78 is 5.28. The number of hydrogen-bond donors (Lipinski definition) is 3. The minimum atomic E-state index is -0.518. The molecule has 4 rings (SSSR count). The third-order valence-electron chi connectivity index (χ3n) is 4.68. The normalized spacial score (nSPS) is 13.4. The SMILES string of the molecule is O=C(Nc1ccc(C(=O)NC2CC2)cc1)C(=Cc1ccco1)NC(=O)c1ccccc1. The quantitative estimate of drug-likeness (QED) is 0.514. The molecular formula is C24H21N3O4. The first-order valence-electron chi connectivity index (χ1n) is 9.92. The number of rotatable bonds is 7. The third kappa shape index (κ3) is 5.48. The summed E-state index contributed by atoms with van der Waals surface area (Å²) in [7, 11) is 0. The molecule has 3 N–H and O–H groups in total. The first-order chi connectivity index (χ1) is 15.1. The van der Waals surface area contributed by atoms with Crippen LogP contribution in [0.15, 0.2) is 83.1 Å². The summed E-state index contributed by atoms with van der Waals surface area (Å²) in [4.78, 5) is 37.5. The highest BCUT2D eigenvalue weighted by Crippen LogP contribution is 2.20. The van der Waals surface area contributed by atoms with Crippen molar-refractivity contribution in [3.05, 3.63) is 95.6 Å². The van der Waals surface area contributed by atoms with Crippen molar-refractivity contribution in [1.82, 2.24) is 10.6 Å². The molecular weight excluding hydrogens is 394 g/mol. The summed E-state index contributed by atoms with van der Waals surface area (Å²) in [5.41, 5.74) is 1.46. The Hall–Kier alpha value is -4.13. The van der Waals surface area contributed by atoms with Crippen molar-refractivity contribution in [2.45, 2.75) is 18.9 Å². The summed E-state index contributed by atoms with van der Waals surface area (Å²) in [6.45, 7) is 0. The lowest BCUT2D eigenvalue weighted by Crippen LogP contribution is -2.30. The highest BCUT2D eigenvalue weighted by atomic mass is 16.3. The molecule has 156 valence electrons. The first-order valence-corrected chi connectivity index (χ1v) is 9.92. The number of carbonyl (C=O) groups is 3. The number of amides is 3. The van der Waals surface area contributed by atoms with Gasteiger partial charge >= 0.3 is 0 Å². The summed E-state index contributed by atoms with van der Waals surface area (Å²) in [6.07, 6.45) is 4.96. The Morgan fingerprint density at radius 3 is 2.19 bits per heavy atom. The molecule has 31 heavy (non-hydrogen) atoms. The second-order valence-electron chi connectivity index (χ2n) is 7.17. The molecule has 1 aliphatic carbocycles. The maximum absolute atomic E-state index is 12.9. The Morgan fingerprint density at radius 1 is 0.839 bits per heavy atom. The molecule has 1 fully saturated rings. The van der Waals surface area contributed by atoms with E-state index in [1.54, 1.807) is 66.7 Å². The van der Waals surface area contributed by atoms with Crippen LogP contribution in [0, 0.1) is 0 Å². The van der Waals surface area contributed by atoms with Crippen LogP contribution in [0.2, 0.25) is 0 Å². The molecule has 0 unspecified atom stereocenters. The zero-order chi connectivity index (χ0) is 21.6. The van der Waals surface area contributed by atoms with Crippen molar-refractivity contribution in [2.24, 2.45) is 0 Å². The molecule has 3 aromatic rings. The lowest BCUT2D eigenvalue weighted by atomic mass is 10.2. The van der Waals surface area contributed by atoms with E-state index in [1.165, 1.54) is 12.3 Å². The van der Waals surface area contributed by atoms with Crippen molar-refractivity contribution >= 4 is 29.5 Å². The van der Waals surface area contributed by atoms with Crippen LogP contribution in [0.4, 0.5) is 5.69 Å². The van der Waals surface area contributed by atoms with E-state index < -0.39 is 11.8 Å². The molecule has 0 atom stereocenters. The smallest absolute Gasteiger partial charge is 0.272 e. The topological polar surface area (TPSA) is 100 Å². The van der Waals surface area contributed by atoms with E-state index in [1.807, 2.05) is 0 Å². The molecule has 1 aromatic heterocycles. The molecule has 3 amide bonds. The van der Waals surface area contributed by atoms with Gasteiger partial charge in [0.25, 0.3) is 17.7 Å². The molecule has 7 heteroatoms. The molecule has 2 aromatic carbocycles. The van der Waals surface area contributed by atoms with E-state index >= 15 is 0 Å². The van der Waals surface area contributed by atoms with Gasteiger partial charge in [-0.05, 0) is 61.4 Å². The zero-order valence-corrected chi connectivity index (χ0v) is 16.6. The molecule has 1 saturated carbocycles. The van der Waals surface area contributed by atoms with Crippen molar-refractivity contribution in [2.75, 3.05) is 5.32 Å². The Kier molecular flexibility index (Phi) is 5.93. The average molecular weight is 415 g/mol. The van der Waals surface area contributed by atoms with Crippen LogP contribution in [-0.2, 0) is 4.79 Å². The maximum Gasteiger partial charge on any atom is 0.272 e. The summed E-state index contributed by atoms with van der Waals surface area (Å²) in [5, 5.41) is 8.29. The van der Waals surface area contributed by atoms with E-state index in [4.69, 9.17) is 4.42 Å². The predicted octanol–water partition coefficient (Wildman–Crippen LogP) is 3.58. The number of nitrogens with one attached hydrogen (secondary N) is 3. The highest BCUT2D eigenvalue weighted by Gasteiger charge is 2.23. The van der Waals surface area contributed by atoms with Gasteiger partial charge in [-0.3, -0.25) is 14.4 Å². The Balaban J connectivity index is 1.47. The van der Waals surface area contributed by atoms with Crippen LogP contribution in [0.25, 0.3) is 6.08 Å². The van der Waals surface area contributed by atoms with E-state index in [-0.39, 0.29) is 17.6 Å². The van der Waals surface area contributed by atoms with Crippen molar-refractivity contribution < 1.29 is 18.8 Å². The van der Waals surface area contributed by atoms with Crippen LogP contribution in [0.3, 0.4) is 0 Å². The number of anilines is 1. The number of carbonyl (C=O) groups excluding carboxylic acids is 3. The number of furan rings is 1. The van der Waals surface area contributed by atoms with Gasteiger partial charge in [-0.15, -0.1) is 0 Å². The Bertz CT molecular complexity index is 1100. The number of benzene rings is 2. The number of hydrogen-bond acceptors (Lipinski definition) is 4. The Morgan fingerprint density at radius 2 is 1.55 bits per heavy atom. The first kappa shape index (κ1) is 20.2. The van der Waals surface area contributed by atoms with Crippen LogP contribution >= 0.6 is 0 Å². The van der Waals surface area contributed by atoms with E-state index in [9.17, 15) is 14.4 Å². The van der Waals surface area contributed by atoms with Gasteiger partial charge < -0.3 is 20.4 Å². The van der Waals surface area contributed by atoms with Crippen molar-refractivity contribution in [3.8, 4) is 0 Å². The van der Waals surface area contributed by atoms with E-state index in [0.29, 0.717) is 22.6 Å². The summed E-state index contributed by atoms with van der Waals surface area (Å²) in [5.74, 6) is -0.643. The predicted molar refractivity (Wildman–Crippen MR) is 116 cm³/mol. The van der Waals surface area contributed by atoms with Gasteiger partial charge in [-0.1, -0.05) is 18.2 Å². The van der Waals surface area contributed by atoms with Crippen LogP contribution in [0.1, 0.15) is 39.3 Å². The van der Waals surface area contributed by atoms with Crippen molar-refractivity contribution in [1.29, 1.82) is 0 Å². The largest absolute Gasteiger partial charge is 0.465 e. The standard InChI is InChI=1S/C24H21N3O4/c28-22(25-19-12-13-19)17-8-10-18(11-9-17)26-24(30)21(15-20-7-4-14-31-20)27-23(29)16-5-2-1-3-6-16/h1-11,14-15,19H,12-13H2,(H,25,28)(H,26,30)(H,27,29). The fourth-order valence-corrected chi connectivity index (χ4v) is 2.86. The average Bonchev–Trinajstić information content (AvgIpc) is 3.45. The van der Waals surface area contributed by atoms with E-state index in [0.717, 1.165) is 12.8 Å². The molecule has 0 radical (unpaired) electrons. The summed E-state index contributed by atoms with van der Waals surface area (Å²) >= 11 is 0. The van der Waals surface area contributed by atoms with Gasteiger partial charge in [-0.25, -0.2) is 0 Å². The molecule has 1 heterocycles. The minimum Gasteiger partial charge on any atom is -0.465 e. The lowest BCUT2D eigenvalue weighted by molar-refractivity contribution is -0.113. The third-order valence-corrected chi connectivity index (χ3v) is 4.68. The van der Waals surface area contributed by atoms with Crippen molar-refractivity contribution in [3.63, 3.8) is 0 Å². The van der Waals surface area contributed by atoms with Gasteiger partial charge in [0, 0.05) is 28.9 Å². The highest BCUT2D eigenvalue weighted by molar-refractivity contribution is 6.10. The van der Waals surface area contributed by atoms with Crippen LogP contribution in [-0.4, -0.2) is 23.8 Å². The second kappa shape index (κ2) is 9.13. The maximum atomic E-state index is 12.9. The zero-order valence-electron chi connectivity index (χ0n) is 16.6. The molecule has 0 bridgehead atoms. The van der Waals surface area contributed by atoms with E-state index in [2.05, 4.69) is 16.0 Å². The summed E-state index contributed by atoms with van der Waals surface area (Å²) in [6, 6.07) is 18.8. The lowest BCUT2D eigenvalue weighted by Gasteiger charge is -2.11. The van der Waals surface area contributed by atoms with Gasteiger partial charge in [0.1, 0.15) is 11.5 Å². The van der Waals surface area contributed by atoms with Crippen LogP contribution < -0.4 is 16.0 Å². The van der Waals surface area contributed by atoms with Gasteiger partial charge in [0.2, 0.25) is 0 Å². The molecule has 7 nitrogen and oxygen atoms in total. The molecule has 0 saturated heterocycles. The van der Waals surface area contributed by atoms with Gasteiger partial charge in [0.05, 0.1) is 6.26 Å². The minimum absolute atomic E-state index is 0.0272. The van der Waals surface area contributed by atoms with Gasteiger partial charge in [-0.2, -0.15) is 0 Å². The molecule has 0 spiro atoms. The molecule has 1 aliphatic rings. The van der Waals surface area contributed by atoms with Crippen LogP contribution in [0.5, 0.6) is 0 Å². The monoisotopic (exact) mass is 415 g/mol. The molecule has 0 aliphatic heterocycles. The fourth-order valence-electron chi connectivity index (χ4n) is 2.86. The second-order valence-corrected chi connectivity index (χ2v) is 7.17.